The predicted molar refractivity (Wildman–Crippen MR) is 105 cm³/mol. The highest BCUT2D eigenvalue weighted by Gasteiger charge is 2.30. The number of hydrogen-bond acceptors (Lipinski definition) is 8. The smallest absolute Gasteiger partial charge is 0.276 e. The quantitative estimate of drug-likeness (QED) is 0.618. The fourth-order valence-corrected chi connectivity index (χ4v) is 5.77. The van der Waals surface area contributed by atoms with E-state index in [0.29, 0.717) is 37.8 Å². The maximum atomic E-state index is 12.6. The monoisotopic (exact) mass is 427 g/mol. The number of nitrogens with zero attached hydrogens (tertiary/aromatic N) is 5. The van der Waals surface area contributed by atoms with E-state index in [1.807, 2.05) is 0 Å². The largest absolute Gasteiger partial charge is 0.447 e. The van der Waals surface area contributed by atoms with Crippen LogP contribution in [0, 0.1) is 0 Å². The van der Waals surface area contributed by atoms with Crippen molar-refractivity contribution in [3.8, 4) is 0 Å². The zero-order chi connectivity index (χ0) is 19.6. The lowest BCUT2D eigenvalue weighted by molar-refractivity contribution is 0.121. The highest BCUT2D eigenvalue weighted by molar-refractivity contribution is 7.98. The first kappa shape index (κ1) is 19.7. The van der Waals surface area contributed by atoms with Gasteiger partial charge >= 0.3 is 0 Å². The van der Waals surface area contributed by atoms with Crippen LogP contribution in [0.25, 0.3) is 0 Å². The fourth-order valence-electron chi connectivity index (χ4n) is 3.43. The van der Waals surface area contributed by atoms with Crippen LogP contribution in [0.3, 0.4) is 0 Å². The molecule has 2 fully saturated rings. The van der Waals surface area contributed by atoms with E-state index in [4.69, 9.17) is 9.15 Å². The Morgan fingerprint density at radius 3 is 2.57 bits per heavy atom. The molecule has 4 rings (SSSR count). The number of sulfonamides is 1. The Kier molecular flexibility index (Phi) is 5.95. The molecule has 0 aromatic carbocycles. The molecule has 0 atom stereocenters. The first-order valence-corrected chi connectivity index (χ1v) is 12.0. The summed E-state index contributed by atoms with van der Waals surface area (Å²) in [5.74, 6) is 1.96. The van der Waals surface area contributed by atoms with Crippen LogP contribution >= 0.6 is 11.8 Å². The molecule has 28 heavy (non-hydrogen) atoms. The van der Waals surface area contributed by atoms with E-state index < -0.39 is 10.0 Å². The Labute approximate surface area is 169 Å². The number of thioether (sulfide) groups is 1. The van der Waals surface area contributed by atoms with Crippen LogP contribution < -0.4 is 4.90 Å². The van der Waals surface area contributed by atoms with Crippen molar-refractivity contribution in [2.45, 2.75) is 42.3 Å². The molecule has 2 aromatic rings. The van der Waals surface area contributed by atoms with Gasteiger partial charge < -0.3 is 14.1 Å². The summed E-state index contributed by atoms with van der Waals surface area (Å²) in [4.78, 5) is 2.18. The van der Waals surface area contributed by atoms with E-state index in [2.05, 4.69) is 26.6 Å². The van der Waals surface area contributed by atoms with E-state index in [1.165, 1.54) is 16.1 Å². The van der Waals surface area contributed by atoms with Crippen molar-refractivity contribution in [1.29, 1.82) is 0 Å². The second-order valence-electron chi connectivity index (χ2n) is 6.75. The number of rotatable bonds is 7. The molecule has 9 nitrogen and oxygen atoms in total. The van der Waals surface area contributed by atoms with Gasteiger partial charge in [0.25, 0.3) is 10.0 Å². The Bertz CT molecular complexity index is 899. The summed E-state index contributed by atoms with van der Waals surface area (Å²) < 4.78 is 39.8. The van der Waals surface area contributed by atoms with Crippen LogP contribution in [0.5, 0.6) is 0 Å². The number of anilines is 1. The topological polar surface area (TPSA) is 93.7 Å². The lowest BCUT2D eigenvalue weighted by atomic mass is 10.4. The Hall–Kier alpha value is -1.56. The summed E-state index contributed by atoms with van der Waals surface area (Å²) in [7, 11) is -3.52. The molecule has 11 heteroatoms. The maximum Gasteiger partial charge on any atom is 0.276 e. The summed E-state index contributed by atoms with van der Waals surface area (Å²) in [6.45, 7) is 6.95. The summed E-state index contributed by atoms with van der Waals surface area (Å²) in [6.07, 6.45) is 1.81. The number of hydrogen-bond donors (Lipinski definition) is 0. The SMILES string of the molecule is CCn1c(SCc2ccc(S(=O)(=O)N3CCCC3)o2)nnc1N1CCOCC1. The van der Waals surface area contributed by atoms with Gasteiger partial charge in [-0.3, -0.25) is 4.57 Å². The molecule has 2 aliphatic heterocycles. The Morgan fingerprint density at radius 2 is 1.86 bits per heavy atom. The van der Waals surface area contributed by atoms with Gasteiger partial charge in [-0.25, -0.2) is 8.42 Å². The van der Waals surface area contributed by atoms with Gasteiger partial charge in [0.15, 0.2) is 5.16 Å². The van der Waals surface area contributed by atoms with Gasteiger partial charge in [0.2, 0.25) is 11.0 Å². The molecule has 4 heterocycles. The van der Waals surface area contributed by atoms with Gasteiger partial charge in [-0.1, -0.05) is 11.8 Å². The van der Waals surface area contributed by atoms with Crippen molar-refractivity contribution in [3.63, 3.8) is 0 Å². The van der Waals surface area contributed by atoms with E-state index >= 15 is 0 Å². The van der Waals surface area contributed by atoms with Crippen molar-refractivity contribution in [2.75, 3.05) is 44.3 Å². The van der Waals surface area contributed by atoms with Crippen LogP contribution in [-0.4, -0.2) is 66.9 Å². The van der Waals surface area contributed by atoms with E-state index in [0.717, 1.165) is 43.6 Å². The first-order chi connectivity index (χ1) is 13.6. The minimum absolute atomic E-state index is 0.0240. The summed E-state index contributed by atoms with van der Waals surface area (Å²) in [5.41, 5.74) is 0. The predicted octanol–water partition coefficient (Wildman–Crippen LogP) is 1.80. The van der Waals surface area contributed by atoms with Gasteiger partial charge in [-0.15, -0.1) is 10.2 Å². The highest BCUT2D eigenvalue weighted by Crippen LogP contribution is 2.28. The van der Waals surface area contributed by atoms with Crippen molar-refractivity contribution in [2.24, 2.45) is 0 Å². The second kappa shape index (κ2) is 8.44. The highest BCUT2D eigenvalue weighted by atomic mass is 32.2. The van der Waals surface area contributed by atoms with E-state index in [9.17, 15) is 8.42 Å². The van der Waals surface area contributed by atoms with Crippen LogP contribution in [0.1, 0.15) is 25.5 Å². The van der Waals surface area contributed by atoms with Crippen LogP contribution in [0.2, 0.25) is 0 Å². The second-order valence-corrected chi connectivity index (χ2v) is 9.56. The van der Waals surface area contributed by atoms with Gasteiger partial charge in [-0.05, 0) is 31.9 Å². The van der Waals surface area contributed by atoms with Gasteiger partial charge in [0.1, 0.15) is 5.76 Å². The molecule has 0 saturated carbocycles. The first-order valence-electron chi connectivity index (χ1n) is 9.57. The van der Waals surface area contributed by atoms with Crippen molar-refractivity contribution >= 4 is 27.7 Å². The standard InChI is InChI=1S/C17H25N5O4S2/c1-2-22-16(20-9-11-25-12-10-20)18-19-17(22)27-13-14-5-6-15(26-14)28(23,24)21-7-3-4-8-21/h5-6H,2-4,7-13H2,1H3. The zero-order valence-electron chi connectivity index (χ0n) is 15.9. The third kappa shape index (κ3) is 3.93. The van der Waals surface area contributed by atoms with Crippen molar-refractivity contribution < 1.29 is 17.6 Å². The number of ether oxygens (including phenoxy) is 1. The minimum Gasteiger partial charge on any atom is -0.447 e. The van der Waals surface area contributed by atoms with Gasteiger partial charge in [-0.2, -0.15) is 4.31 Å². The molecular formula is C17H25N5O4S2. The molecule has 2 aromatic heterocycles. The summed E-state index contributed by atoms with van der Waals surface area (Å²) in [5, 5.41) is 9.49. The molecule has 0 aliphatic carbocycles. The molecule has 154 valence electrons. The van der Waals surface area contributed by atoms with E-state index in [1.54, 1.807) is 12.1 Å². The van der Waals surface area contributed by atoms with Gasteiger partial charge in [0, 0.05) is 32.7 Å². The third-order valence-electron chi connectivity index (χ3n) is 4.95. The molecule has 2 saturated heterocycles. The number of morpholine rings is 1. The molecule has 0 unspecified atom stereocenters. The minimum atomic E-state index is -3.52. The van der Waals surface area contributed by atoms with Crippen LogP contribution in [0.15, 0.2) is 26.8 Å². The fraction of sp³-hybridized carbons (Fsp3) is 0.647. The third-order valence-corrected chi connectivity index (χ3v) is 7.71. The molecule has 0 amide bonds. The molecule has 0 bridgehead atoms. The zero-order valence-corrected chi connectivity index (χ0v) is 17.5. The van der Waals surface area contributed by atoms with Crippen LogP contribution in [0.4, 0.5) is 5.95 Å². The number of furan rings is 1. The Balaban J connectivity index is 1.44. The summed E-state index contributed by atoms with van der Waals surface area (Å²) in [6, 6.07) is 3.28. The van der Waals surface area contributed by atoms with Gasteiger partial charge in [0.05, 0.1) is 19.0 Å². The lowest BCUT2D eigenvalue weighted by Gasteiger charge is -2.27. The van der Waals surface area contributed by atoms with Crippen molar-refractivity contribution in [1.82, 2.24) is 19.1 Å². The normalized spacial score (nSPS) is 18.8. The molecule has 0 radical (unpaired) electrons. The average molecular weight is 428 g/mol. The maximum absolute atomic E-state index is 12.6. The number of aromatic nitrogens is 3. The average Bonchev–Trinajstić information content (AvgIpc) is 3.47. The van der Waals surface area contributed by atoms with E-state index in [-0.39, 0.29) is 5.09 Å². The summed E-state index contributed by atoms with van der Waals surface area (Å²) >= 11 is 1.50. The molecular weight excluding hydrogens is 402 g/mol. The molecule has 2 aliphatic rings. The molecule has 0 spiro atoms. The van der Waals surface area contributed by atoms with Crippen LogP contribution in [-0.2, 0) is 27.1 Å². The lowest BCUT2D eigenvalue weighted by Crippen LogP contribution is -2.38. The Morgan fingerprint density at radius 1 is 1.11 bits per heavy atom. The van der Waals surface area contributed by atoms with Crippen molar-refractivity contribution in [3.05, 3.63) is 17.9 Å². The molecule has 0 N–H and O–H groups in total.